The van der Waals surface area contributed by atoms with Gasteiger partial charge in [-0.3, -0.25) is 14.4 Å². The van der Waals surface area contributed by atoms with Gasteiger partial charge in [0.15, 0.2) is 11.2 Å². The molecule has 2 aromatic carbocycles. The van der Waals surface area contributed by atoms with E-state index in [1.165, 1.54) is 11.9 Å². The second-order valence-electron chi connectivity index (χ2n) is 6.95. The molecule has 6 heteroatoms. The average Bonchev–Trinajstić information content (AvgIpc) is 2.64. The van der Waals surface area contributed by atoms with E-state index in [0.717, 1.165) is 28.4 Å². The zero-order chi connectivity index (χ0) is 20.4. The van der Waals surface area contributed by atoms with Gasteiger partial charge in [0.2, 0.25) is 5.91 Å². The molecule has 28 heavy (non-hydrogen) atoms. The first-order valence-corrected chi connectivity index (χ1v) is 8.92. The van der Waals surface area contributed by atoms with Crippen LogP contribution in [0.2, 0.25) is 0 Å². The van der Waals surface area contributed by atoms with E-state index in [2.05, 4.69) is 5.32 Å². The van der Waals surface area contributed by atoms with E-state index in [9.17, 15) is 14.4 Å². The number of fused-ring (bicyclic) bond motifs is 1. The fraction of sp³-hybridized carbons (Fsp3) is 0.227. The molecule has 144 valence electrons. The van der Waals surface area contributed by atoms with Gasteiger partial charge in [-0.25, -0.2) is 0 Å². The Balaban J connectivity index is 1.76. The maximum atomic E-state index is 12.6. The summed E-state index contributed by atoms with van der Waals surface area (Å²) in [4.78, 5) is 38.5. The molecule has 2 amide bonds. The monoisotopic (exact) mass is 378 g/mol. The van der Waals surface area contributed by atoms with E-state index in [1.807, 2.05) is 32.9 Å². The van der Waals surface area contributed by atoms with Crippen molar-refractivity contribution in [3.05, 3.63) is 75.1 Å². The maximum absolute atomic E-state index is 12.6. The molecule has 0 aliphatic rings. The third-order valence-electron chi connectivity index (χ3n) is 4.51. The Labute approximate surface area is 162 Å². The molecule has 0 saturated heterocycles. The van der Waals surface area contributed by atoms with Crippen LogP contribution in [0.3, 0.4) is 0 Å². The Hall–Kier alpha value is -3.41. The molecule has 0 fully saturated rings. The maximum Gasteiger partial charge on any atom is 0.289 e. The SMILES string of the molecule is Cc1cc(C)c(NC(=O)CN(C)C(=O)c2cc(=O)c3ccccc3o2)c(C)c1. The molecule has 0 bridgehead atoms. The van der Waals surface area contributed by atoms with Crippen LogP contribution in [0.1, 0.15) is 27.2 Å². The standard InChI is InChI=1S/C22H22N2O4/c1-13-9-14(2)21(15(3)10-13)23-20(26)12-24(4)22(27)19-11-17(25)16-7-5-6-8-18(16)28-19/h5-11H,12H2,1-4H3,(H,23,26). The van der Waals surface area contributed by atoms with Crippen LogP contribution in [-0.4, -0.2) is 30.3 Å². The number of nitrogens with zero attached hydrogens (tertiary/aromatic N) is 1. The first-order valence-electron chi connectivity index (χ1n) is 8.92. The van der Waals surface area contributed by atoms with Gasteiger partial charge in [0, 0.05) is 18.8 Å². The van der Waals surface area contributed by atoms with Crippen LogP contribution in [0.4, 0.5) is 5.69 Å². The van der Waals surface area contributed by atoms with Gasteiger partial charge in [-0.05, 0) is 44.0 Å². The third kappa shape index (κ3) is 3.96. The lowest BCUT2D eigenvalue weighted by Crippen LogP contribution is -2.35. The van der Waals surface area contributed by atoms with Crippen molar-refractivity contribution in [1.29, 1.82) is 0 Å². The molecular weight excluding hydrogens is 356 g/mol. The van der Waals surface area contributed by atoms with E-state index in [1.54, 1.807) is 24.3 Å². The molecule has 0 saturated carbocycles. The zero-order valence-corrected chi connectivity index (χ0v) is 16.3. The second-order valence-corrected chi connectivity index (χ2v) is 6.95. The van der Waals surface area contributed by atoms with Crippen molar-refractivity contribution in [2.75, 3.05) is 18.9 Å². The molecule has 0 aliphatic carbocycles. The van der Waals surface area contributed by atoms with Crippen LogP contribution in [0.15, 0.2) is 51.7 Å². The van der Waals surface area contributed by atoms with Crippen molar-refractivity contribution in [2.24, 2.45) is 0 Å². The van der Waals surface area contributed by atoms with Crippen molar-refractivity contribution >= 4 is 28.5 Å². The second kappa shape index (κ2) is 7.68. The number of benzene rings is 2. The van der Waals surface area contributed by atoms with Crippen molar-refractivity contribution in [3.63, 3.8) is 0 Å². The summed E-state index contributed by atoms with van der Waals surface area (Å²) in [5.74, 6) is -0.953. The minimum Gasteiger partial charge on any atom is -0.451 e. The molecule has 6 nitrogen and oxygen atoms in total. The Morgan fingerprint density at radius 1 is 1.04 bits per heavy atom. The van der Waals surface area contributed by atoms with Crippen molar-refractivity contribution in [3.8, 4) is 0 Å². The minimum atomic E-state index is -0.532. The van der Waals surface area contributed by atoms with Crippen LogP contribution in [-0.2, 0) is 4.79 Å². The van der Waals surface area contributed by atoms with Crippen LogP contribution in [0.5, 0.6) is 0 Å². The average molecular weight is 378 g/mol. The number of nitrogens with one attached hydrogen (secondary N) is 1. The summed E-state index contributed by atoms with van der Waals surface area (Å²) in [5, 5.41) is 3.27. The Kier molecular flexibility index (Phi) is 5.31. The van der Waals surface area contributed by atoms with Gasteiger partial charge >= 0.3 is 0 Å². The molecule has 3 aromatic rings. The molecule has 0 spiro atoms. The first-order chi connectivity index (χ1) is 13.3. The summed E-state index contributed by atoms with van der Waals surface area (Å²) in [6, 6.07) is 11.9. The number of rotatable bonds is 4. The van der Waals surface area contributed by atoms with Gasteiger partial charge in [-0.15, -0.1) is 0 Å². The summed E-state index contributed by atoms with van der Waals surface area (Å²) >= 11 is 0. The molecular formula is C22H22N2O4. The van der Waals surface area contributed by atoms with E-state index in [0.29, 0.717) is 11.0 Å². The zero-order valence-electron chi connectivity index (χ0n) is 16.3. The highest BCUT2D eigenvalue weighted by Gasteiger charge is 2.19. The number of carbonyl (C=O) groups excluding carboxylic acids is 2. The summed E-state index contributed by atoms with van der Waals surface area (Å²) in [5.41, 5.74) is 3.82. The largest absolute Gasteiger partial charge is 0.451 e. The van der Waals surface area contributed by atoms with E-state index in [4.69, 9.17) is 4.42 Å². The van der Waals surface area contributed by atoms with E-state index < -0.39 is 5.91 Å². The van der Waals surface area contributed by atoms with Gasteiger partial charge < -0.3 is 14.6 Å². The molecule has 3 rings (SSSR count). The van der Waals surface area contributed by atoms with Crippen LogP contribution >= 0.6 is 0 Å². The number of hydrogen-bond acceptors (Lipinski definition) is 4. The predicted octanol–water partition coefficient (Wildman–Crippen LogP) is 3.43. The highest BCUT2D eigenvalue weighted by Crippen LogP contribution is 2.22. The van der Waals surface area contributed by atoms with Gasteiger partial charge in [0.25, 0.3) is 5.91 Å². The van der Waals surface area contributed by atoms with E-state index in [-0.39, 0.29) is 23.6 Å². The van der Waals surface area contributed by atoms with Crippen LogP contribution in [0.25, 0.3) is 11.0 Å². The molecule has 0 aliphatic heterocycles. The first kappa shape index (κ1) is 19.4. The van der Waals surface area contributed by atoms with Crippen LogP contribution in [0, 0.1) is 20.8 Å². The predicted molar refractivity (Wildman–Crippen MR) is 109 cm³/mol. The summed E-state index contributed by atoms with van der Waals surface area (Å²) in [7, 11) is 1.49. The molecule has 0 radical (unpaired) electrons. The number of carbonyl (C=O) groups is 2. The molecule has 0 atom stereocenters. The summed E-state index contributed by atoms with van der Waals surface area (Å²) in [6.45, 7) is 5.68. The van der Waals surface area contributed by atoms with Crippen molar-refractivity contribution in [1.82, 2.24) is 4.90 Å². The lowest BCUT2D eigenvalue weighted by Gasteiger charge is -2.18. The molecule has 1 aromatic heterocycles. The lowest BCUT2D eigenvalue weighted by molar-refractivity contribution is -0.116. The quantitative estimate of drug-likeness (QED) is 0.754. The molecule has 0 unspecified atom stereocenters. The van der Waals surface area contributed by atoms with Gasteiger partial charge in [-0.2, -0.15) is 0 Å². The number of amides is 2. The number of likely N-dealkylation sites (N-methyl/N-ethyl adjacent to an activating group) is 1. The number of hydrogen-bond donors (Lipinski definition) is 1. The van der Waals surface area contributed by atoms with Gasteiger partial charge in [0.05, 0.1) is 11.9 Å². The Bertz CT molecular complexity index is 1110. The van der Waals surface area contributed by atoms with E-state index >= 15 is 0 Å². The minimum absolute atomic E-state index is 0.0957. The van der Waals surface area contributed by atoms with Crippen LogP contribution < -0.4 is 10.7 Å². The summed E-state index contributed by atoms with van der Waals surface area (Å²) < 4.78 is 5.55. The molecule has 1 N–H and O–H groups in total. The van der Waals surface area contributed by atoms with Gasteiger partial charge in [0.1, 0.15) is 5.58 Å². The highest BCUT2D eigenvalue weighted by molar-refractivity contribution is 5.99. The van der Waals surface area contributed by atoms with Crippen molar-refractivity contribution < 1.29 is 14.0 Å². The normalized spacial score (nSPS) is 10.7. The number of aryl methyl sites for hydroxylation is 3. The molecule has 1 heterocycles. The highest BCUT2D eigenvalue weighted by atomic mass is 16.3. The fourth-order valence-electron chi connectivity index (χ4n) is 3.24. The van der Waals surface area contributed by atoms with Gasteiger partial charge in [-0.1, -0.05) is 29.8 Å². The Morgan fingerprint density at radius 2 is 1.68 bits per heavy atom. The smallest absolute Gasteiger partial charge is 0.289 e. The number of anilines is 1. The lowest BCUT2D eigenvalue weighted by atomic mass is 10.1. The third-order valence-corrected chi connectivity index (χ3v) is 4.51. The number of para-hydroxylation sites is 1. The fourth-order valence-corrected chi connectivity index (χ4v) is 3.24. The summed E-state index contributed by atoms with van der Waals surface area (Å²) in [6.07, 6.45) is 0. The Morgan fingerprint density at radius 3 is 2.36 bits per heavy atom. The topological polar surface area (TPSA) is 79.6 Å². The van der Waals surface area contributed by atoms with Crippen molar-refractivity contribution in [2.45, 2.75) is 20.8 Å².